The summed E-state index contributed by atoms with van der Waals surface area (Å²) in [6, 6.07) is 99.2. The van der Waals surface area contributed by atoms with E-state index < -0.39 is 0 Å². The van der Waals surface area contributed by atoms with Crippen LogP contribution in [-0.4, -0.2) is 0 Å². The Bertz CT molecular complexity index is 10100. The first-order valence-electron chi connectivity index (χ1n) is 43.3. The molecular weight excluding hydrogens is 1730 g/mol. The third-order valence-electron chi connectivity index (χ3n) is 24.8. The van der Waals surface area contributed by atoms with Crippen molar-refractivity contribution < 1.29 is 107 Å². The Morgan fingerprint density at radius 2 is 0.382 bits per heavy atom. The van der Waals surface area contributed by atoms with E-state index in [0.29, 0.717) is 98.3 Å². The van der Waals surface area contributed by atoms with E-state index in [-0.39, 0.29) is 11.9 Å². The fourth-order valence-corrected chi connectivity index (χ4v) is 18.5. The summed E-state index contributed by atoms with van der Waals surface area (Å²) < 4.78 is 139. The first-order chi connectivity index (χ1) is 67.2. The predicted molar refractivity (Wildman–Crippen MR) is 509 cm³/mol. The molecule has 0 N–H and O–H groups in total. The lowest BCUT2D eigenvalue weighted by atomic mass is 9.97. The Kier molecular flexibility index (Phi) is 15.9. The molecule has 0 aliphatic carbocycles. The Labute approximate surface area is 756 Å². The van der Waals surface area contributed by atoms with Crippen LogP contribution in [0.4, 0.5) is 0 Å². The van der Waals surface area contributed by atoms with Gasteiger partial charge in [-0.2, -0.15) is 0 Å². The van der Waals surface area contributed by atoms with Crippen LogP contribution in [0.25, 0.3) is 266 Å². The third kappa shape index (κ3) is 12.0. The molecule has 32 rings (SSSR count). The summed E-state index contributed by atoms with van der Waals surface area (Å²) in [5.41, 5.74) is 16.3. The minimum absolute atomic E-state index is 0.269. The Balaban J connectivity index is 0.0000000907. The van der Waals surface area contributed by atoms with Crippen molar-refractivity contribution in [3.05, 3.63) is 341 Å². The standard InChI is InChI=1S/2C36H18O7.2C20H10O5/c1-2-7-27-24(6-1)32-30(17-38-35(32)42-27)40-31-18-39-36-33(31)26-16-22(9-11-29(26)43-36)20-5-3-4-19(14-20)21-8-10-28-25(15-21)23-12-13-37-34(23)41-28;1-2-7-29-23(6-1)27-17-32(42-35(27)39-29)41-33-18-28-26-16-22(9-11-31(26)40-36(28)43-33)20-5-3-4-19(14-20)21-8-10-30-25(15-21)24-12-13-37-34(24)38-30;1-3-7-15-11(5-1)13-9-17(24-19(13)21-15)23-18-10-14-12-6-2-4-8-16(12)22-20(14)25-18;1-3-7-13-11(5-1)17-15(9-21-19(17)24-13)23-16-10-22-20-18(16)12-6-2-4-8-14(12)25-20/h2*1-18H;2*1-10H. The average Bonchev–Trinajstić information content (AvgIpc) is 1.58. The molecule has 0 aliphatic heterocycles. The number of ether oxygens (including phenoxy) is 4. The summed E-state index contributed by atoms with van der Waals surface area (Å²) in [6.07, 6.45) is 9.50. The maximum absolute atomic E-state index is 6.37. The minimum atomic E-state index is 0.269. The maximum Gasteiger partial charge on any atom is 0.302 e. The van der Waals surface area contributed by atoms with Crippen molar-refractivity contribution in [3.8, 4) is 91.3 Å². The van der Waals surface area contributed by atoms with Gasteiger partial charge in [0.25, 0.3) is 35.3 Å². The van der Waals surface area contributed by atoms with Crippen LogP contribution in [0.15, 0.2) is 429 Å². The van der Waals surface area contributed by atoms with Gasteiger partial charge in [-0.05, 0) is 154 Å². The highest BCUT2D eigenvalue weighted by atomic mass is 16.7. The second-order valence-corrected chi connectivity index (χ2v) is 32.8. The molecule has 24 heteroatoms. The summed E-state index contributed by atoms with van der Waals surface area (Å²) >= 11 is 0. The molecule has 0 bridgehead atoms. The van der Waals surface area contributed by atoms with E-state index in [1.807, 2.05) is 188 Å². The van der Waals surface area contributed by atoms with E-state index in [1.54, 1.807) is 55.8 Å². The van der Waals surface area contributed by atoms with Crippen LogP contribution in [0.1, 0.15) is 0 Å². The summed E-state index contributed by atoms with van der Waals surface area (Å²) in [6.45, 7) is 0. The zero-order valence-corrected chi connectivity index (χ0v) is 70.1. The number of para-hydroxylation sites is 6. The van der Waals surface area contributed by atoms with Crippen LogP contribution in [0.3, 0.4) is 0 Å². The highest BCUT2D eigenvalue weighted by Gasteiger charge is 2.28. The number of rotatable bonds is 12. The first-order valence-corrected chi connectivity index (χ1v) is 43.3. The van der Waals surface area contributed by atoms with Crippen LogP contribution >= 0.6 is 0 Å². The van der Waals surface area contributed by atoms with Crippen molar-refractivity contribution in [1.29, 1.82) is 0 Å². The van der Waals surface area contributed by atoms with Crippen molar-refractivity contribution >= 4 is 221 Å². The monoisotopic (exact) mass is 1780 g/mol. The van der Waals surface area contributed by atoms with Crippen molar-refractivity contribution in [2.24, 2.45) is 0 Å². The fraction of sp³-hybridized carbons (Fsp3) is 0. The molecule has 32 aromatic rings. The largest absolute Gasteiger partial charge is 0.449 e. The number of fused-ring (bicyclic) bond motifs is 30. The van der Waals surface area contributed by atoms with Crippen molar-refractivity contribution in [2.45, 2.75) is 0 Å². The number of furan rings is 20. The van der Waals surface area contributed by atoms with E-state index in [1.165, 1.54) is 0 Å². The maximum atomic E-state index is 6.37. The molecule has 24 nitrogen and oxygen atoms in total. The van der Waals surface area contributed by atoms with Gasteiger partial charge in [0.2, 0.25) is 0 Å². The Morgan fingerprint density at radius 1 is 0.140 bits per heavy atom. The number of hydrogen-bond donors (Lipinski definition) is 0. The molecule has 20 aromatic heterocycles. The van der Waals surface area contributed by atoms with Crippen LogP contribution < -0.4 is 18.9 Å². The van der Waals surface area contributed by atoms with E-state index >= 15 is 0 Å². The summed E-state index contributed by atoms with van der Waals surface area (Å²) in [7, 11) is 0. The van der Waals surface area contributed by atoms with Gasteiger partial charge in [0.15, 0.2) is 23.0 Å². The van der Waals surface area contributed by atoms with Crippen molar-refractivity contribution in [1.82, 2.24) is 0 Å². The van der Waals surface area contributed by atoms with E-state index in [4.69, 9.17) is 107 Å². The lowest BCUT2D eigenvalue weighted by Gasteiger charge is -2.07. The Morgan fingerprint density at radius 3 is 0.713 bits per heavy atom. The third-order valence-corrected chi connectivity index (χ3v) is 24.8. The summed E-state index contributed by atoms with van der Waals surface area (Å²) in [4.78, 5) is 0. The SMILES string of the molecule is c1cc(-c2ccc3oc4occc4c3c2)cc(-c2ccc3oc4oc(Oc5cc6c(o5)oc5ccccc56)cc4c3c2)c1.c1cc(-c2ccc3oc4occc4c3c2)cc(-c2ccc3oc4occ(Oc5coc6oc7ccccc7c56)c4c3c2)c1.c1ccc2c(c1)oc1oc(Oc3cc4c(o3)oc3ccccc34)cc12.c1ccc2c(c1)oc1occ(Oc3coc4oc5ccccc5c34)c12. The lowest BCUT2D eigenvalue weighted by molar-refractivity contribution is 0.277. The number of benzene rings is 12. The van der Waals surface area contributed by atoms with Crippen LogP contribution in [0.5, 0.6) is 46.8 Å². The van der Waals surface area contributed by atoms with Crippen LogP contribution in [0, 0.1) is 0 Å². The molecule has 0 aliphatic rings. The molecule has 0 atom stereocenters. The second kappa shape index (κ2) is 29.1. The molecule has 0 fully saturated rings. The van der Waals surface area contributed by atoms with Crippen molar-refractivity contribution in [2.75, 3.05) is 0 Å². The molecule has 0 unspecified atom stereocenters. The molecule has 12 aromatic carbocycles. The molecule has 648 valence electrons. The molecule has 0 spiro atoms. The Hall–Kier alpha value is -19.4. The van der Waals surface area contributed by atoms with Gasteiger partial charge in [-0.1, -0.05) is 170 Å². The fourth-order valence-electron chi connectivity index (χ4n) is 18.5. The average molecular weight is 1790 g/mol. The summed E-state index contributed by atoms with van der Waals surface area (Å²) in [5.74, 6) is 7.80. The minimum Gasteiger partial charge on any atom is -0.449 e. The van der Waals surface area contributed by atoms with E-state index in [9.17, 15) is 0 Å². The van der Waals surface area contributed by atoms with Gasteiger partial charge in [0.1, 0.15) is 102 Å². The van der Waals surface area contributed by atoms with Gasteiger partial charge in [-0.15, -0.1) is 0 Å². The summed E-state index contributed by atoms with van der Waals surface area (Å²) in [5, 5.41) is 18.1. The highest BCUT2D eigenvalue weighted by molar-refractivity contribution is 6.14. The van der Waals surface area contributed by atoms with Crippen LogP contribution in [0.2, 0.25) is 0 Å². The van der Waals surface area contributed by atoms with Gasteiger partial charge >= 0.3 is 46.2 Å². The molecule has 0 radical (unpaired) electrons. The van der Waals surface area contributed by atoms with Crippen LogP contribution in [-0.2, 0) is 0 Å². The smallest absolute Gasteiger partial charge is 0.302 e. The molecule has 0 amide bonds. The van der Waals surface area contributed by atoms with E-state index in [2.05, 4.69) is 97.1 Å². The van der Waals surface area contributed by atoms with Gasteiger partial charge in [0, 0.05) is 78.1 Å². The molecule has 0 saturated heterocycles. The second-order valence-electron chi connectivity index (χ2n) is 32.8. The van der Waals surface area contributed by atoms with Gasteiger partial charge < -0.3 is 107 Å². The van der Waals surface area contributed by atoms with Gasteiger partial charge in [0.05, 0.1) is 44.8 Å². The number of hydrogen-bond acceptors (Lipinski definition) is 24. The zero-order chi connectivity index (χ0) is 88.9. The molecule has 136 heavy (non-hydrogen) atoms. The topological polar surface area (TPSA) is 300 Å². The van der Waals surface area contributed by atoms with Crippen molar-refractivity contribution in [3.63, 3.8) is 0 Å². The predicted octanol–water partition coefficient (Wildman–Crippen LogP) is 35.5. The van der Waals surface area contributed by atoms with Gasteiger partial charge in [-0.3, -0.25) is 0 Å². The molecule has 0 saturated carbocycles. The van der Waals surface area contributed by atoms with Gasteiger partial charge in [-0.25, -0.2) is 0 Å². The quantitative estimate of drug-likeness (QED) is 0.110. The lowest BCUT2D eigenvalue weighted by Crippen LogP contribution is -1.83. The highest BCUT2D eigenvalue weighted by Crippen LogP contribution is 2.50. The normalized spacial score (nSPS) is 12.1. The zero-order valence-electron chi connectivity index (χ0n) is 70.1. The molecule has 20 heterocycles. The first kappa shape index (κ1) is 74.6. The van der Waals surface area contributed by atoms with E-state index in [0.717, 1.165) is 202 Å². The molecular formula is C112H56O24.